The van der Waals surface area contributed by atoms with E-state index in [-0.39, 0.29) is 5.83 Å². The van der Waals surface area contributed by atoms with Crippen molar-refractivity contribution in [2.24, 2.45) is 5.92 Å². The summed E-state index contributed by atoms with van der Waals surface area (Å²) in [5.41, 5.74) is 1.00. The summed E-state index contributed by atoms with van der Waals surface area (Å²) < 4.78 is 18.1. The molecule has 0 atom stereocenters. The molecule has 0 aromatic heterocycles. The normalized spacial score (nSPS) is 18.2. The van der Waals surface area contributed by atoms with E-state index in [4.69, 9.17) is 4.74 Å². The molecule has 0 saturated heterocycles. The largest absolute Gasteiger partial charge is 0.501 e. The minimum atomic E-state index is -0.0282. The third kappa shape index (κ3) is 1.87. The van der Waals surface area contributed by atoms with Crippen molar-refractivity contribution in [2.75, 3.05) is 7.11 Å². The molecule has 0 spiro atoms. The number of methoxy groups -OCH3 is 1. The number of ether oxygens (including phenoxy) is 1. The van der Waals surface area contributed by atoms with Gasteiger partial charge in [0.2, 0.25) is 0 Å². The number of hydrogen-bond acceptors (Lipinski definition) is 1. The molecule has 0 bridgehead atoms. The third-order valence-electron chi connectivity index (χ3n) is 2.09. The van der Waals surface area contributed by atoms with Crippen LogP contribution in [0, 0.1) is 5.92 Å². The molecular weight excluding hydrogens is 155 g/mol. The van der Waals surface area contributed by atoms with Crippen LogP contribution in [0.1, 0.15) is 26.7 Å². The maximum atomic E-state index is 12.9. The van der Waals surface area contributed by atoms with Gasteiger partial charge in [-0.05, 0) is 17.6 Å². The Hall–Kier alpha value is -0.790. The topological polar surface area (TPSA) is 9.23 Å². The molecule has 0 aliphatic heterocycles. The number of halogens is 1. The van der Waals surface area contributed by atoms with Gasteiger partial charge in [-0.2, -0.15) is 0 Å². The highest BCUT2D eigenvalue weighted by Gasteiger charge is 2.15. The zero-order valence-electron chi connectivity index (χ0n) is 7.86. The summed E-state index contributed by atoms with van der Waals surface area (Å²) in [4.78, 5) is 0. The lowest BCUT2D eigenvalue weighted by Crippen LogP contribution is -2.04. The molecule has 1 rings (SSSR count). The molecular formula is C10H15FO. The summed E-state index contributed by atoms with van der Waals surface area (Å²) in [5, 5.41) is 0. The Morgan fingerprint density at radius 3 is 2.58 bits per heavy atom. The smallest absolute Gasteiger partial charge is 0.101 e. The number of allylic oxidation sites excluding steroid dienone is 4. The Bertz CT molecular complexity index is 226. The summed E-state index contributed by atoms with van der Waals surface area (Å²) in [6.07, 6.45) is 2.79. The molecule has 0 heterocycles. The number of rotatable bonds is 2. The fourth-order valence-electron chi connectivity index (χ4n) is 1.41. The van der Waals surface area contributed by atoms with Crippen LogP contribution < -0.4 is 0 Å². The minimum Gasteiger partial charge on any atom is -0.501 e. The van der Waals surface area contributed by atoms with Crippen molar-refractivity contribution in [3.05, 3.63) is 23.2 Å². The molecule has 0 unspecified atom stereocenters. The van der Waals surface area contributed by atoms with Gasteiger partial charge >= 0.3 is 0 Å². The summed E-state index contributed by atoms with van der Waals surface area (Å²) in [5.74, 6) is 1.25. The van der Waals surface area contributed by atoms with Crippen molar-refractivity contribution in [3.8, 4) is 0 Å². The molecule has 12 heavy (non-hydrogen) atoms. The van der Waals surface area contributed by atoms with E-state index in [2.05, 4.69) is 0 Å². The molecule has 68 valence electrons. The molecule has 1 nitrogen and oxygen atoms in total. The van der Waals surface area contributed by atoms with E-state index in [0.717, 1.165) is 11.3 Å². The Morgan fingerprint density at radius 1 is 1.42 bits per heavy atom. The van der Waals surface area contributed by atoms with E-state index in [1.807, 2.05) is 13.8 Å². The first-order valence-corrected chi connectivity index (χ1v) is 4.28. The van der Waals surface area contributed by atoms with Gasteiger partial charge in [0.05, 0.1) is 12.9 Å². The molecule has 0 aromatic carbocycles. The van der Waals surface area contributed by atoms with E-state index in [9.17, 15) is 4.39 Å². The van der Waals surface area contributed by atoms with E-state index >= 15 is 0 Å². The first-order valence-electron chi connectivity index (χ1n) is 4.28. The zero-order chi connectivity index (χ0) is 9.14. The molecule has 2 heteroatoms. The Morgan fingerprint density at radius 2 is 2.08 bits per heavy atom. The van der Waals surface area contributed by atoms with E-state index in [0.29, 0.717) is 18.8 Å². The predicted octanol–water partition coefficient (Wildman–Crippen LogP) is 3.19. The van der Waals surface area contributed by atoms with Gasteiger partial charge in [0.15, 0.2) is 0 Å². The quantitative estimate of drug-likeness (QED) is 0.618. The van der Waals surface area contributed by atoms with Gasteiger partial charge < -0.3 is 4.74 Å². The third-order valence-corrected chi connectivity index (χ3v) is 2.09. The molecule has 0 amide bonds. The van der Waals surface area contributed by atoms with Crippen molar-refractivity contribution >= 4 is 0 Å². The molecule has 1 aliphatic carbocycles. The second-order valence-electron chi connectivity index (χ2n) is 3.33. The maximum absolute atomic E-state index is 12.9. The molecule has 1 aliphatic rings. The highest BCUT2D eigenvalue weighted by molar-refractivity contribution is 5.30. The Labute approximate surface area is 72.9 Å². The van der Waals surface area contributed by atoms with Gasteiger partial charge in [-0.3, -0.25) is 0 Å². The lowest BCUT2D eigenvalue weighted by molar-refractivity contribution is 0.264. The Kier molecular flexibility index (Phi) is 2.90. The van der Waals surface area contributed by atoms with Crippen LogP contribution in [-0.2, 0) is 4.74 Å². The van der Waals surface area contributed by atoms with Gasteiger partial charge in [0.1, 0.15) is 5.83 Å². The second-order valence-corrected chi connectivity index (χ2v) is 3.33. The van der Waals surface area contributed by atoms with Crippen LogP contribution in [0.15, 0.2) is 23.2 Å². The maximum Gasteiger partial charge on any atom is 0.101 e. The molecule has 0 N–H and O–H groups in total. The molecule has 0 aromatic rings. The standard InChI is InChI=1S/C10H15FO/c1-7(2)9-6-8(11)4-5-10(9)12-3/h6-7H,4-5H2,1-3H3. The minimum absolute atomic E-state index is 0.0282. The van der Waals surface area contributed by atoms with Crippen LogP contribution >= 0.6 is 0 Å². The average molecular weight is 170 g/mol. The molecule has 0 radical (unpaired) electrons. The van der Waals surface area contributed by atoms with Crippen molar-refractivity contribution in [3.63, 3.8) is 0 Å². The van der Waals surface area contributed by atoms with Crippen molar-refractivity contribution < 1.29 is 9.13 Å². The van der Waals surface area contributed by atoms with Crippen LogP contribution in [-0.4, -0.2) is 7.11 Å². The predicted molar refractivity (Wildman–Crippen MR) is 47.3 cm³/mol. The van der Waals surface area contributed by atoms with Crippen LogP contribution in [0.3, 0.4) is 0 Å². The Balaban J connectivity index is 2.92. The summed E-state index contributed by atoms with van der Waals surface area (Å²) in [7, 11) is 1.65. The van der Waals surface area contributed by atoms with Gasteiger partial charge in [-0.15, -0.1) is 0 Å². The second kappa shape index (κ2) is 3.74. The van der Waals surface area contributed by atoms with Gasteiger partial charge in [-0.1, -0.05) is 13.8 Å². The van der Waals surface area contributed by atoms with E-state index in [1.54, 1.807) is 13.2 Å². The van der Waals surface area contributed by atoms with Gasteiger partial charge in [-0.25, -0.2) is 4.39 Å². The van der Waals surface area contributed by atoms with Crippen LogP contribution in [0.2, 0.25) is 0 Å². The summed E-state index contributed by atoms with van der Waals surface area (Å²) in [6.45, 7) is 4.09. The highest BCUT2D eigenvalue weighted by Crippen LogP contribution is 2.29. The first-order chi connectivity index (χ1) is 5.65. The van der Waals surface area contributed by atoms with Crippen molar-refractivity contribution in [1.82, 2.24) is 0 Å². The summed E-state index contributed by atoms with van der Waals surface area (Å²) in [6, 6.07) is 0. The molecule has 0 saturated carbocycles. The molecule has 0 fully saturated rings. The first kappa shape index (κ1) is 9.30. The van der Waals surface area contributed by atoms with E-state index in [1.165, 1.54) is 0 Å². The fourth-order valence-corrected chi connectivity index (χ4v) is 1.41. The van der Waals surface area contributed by atoms with Crippen LogP contribution in [0.25, 0.3) is 0 Å². The van der Waals surface area contributed by atoms with Crippen LogP contribution in [0.4, 0.5) is 4.39 Å². The van der Waals surface area contributed by atoms with E-state index < -0.39 is 0 Å². The number of hydrogen-bond donors (Lipinski definition) is 0. The highest BCUT2D eigenvalue weighted by atomic mass is 19.1. The SMILES string of the molecule is COC1=C(C(C)C)C=C(F)CC1. The van der Waals surface area contributed by atoms with Crippen LogP contribution in [0.5, 0.6) is 0 Å². The van der Waals surface area contributed by atoms with Gasteiger partial charge in [0.25, 0.3) is 0 Å². The zero-order valence-corrected chi connectivity index (χ0v) is 7.86. The summed E-state index contributed by atoms with van der Waals surface area (Å²) >= 11 is 0. The van der Waals surface area contributed by atoms with Gasteiger partial charge in [0, 0.05) is 12.8 Å². The van der Waals surface area contributed by atoms with Crippen molar-refractivity contribution in [1.29, 1.82) is 0 Å². The average Bonchev–Trinajstić information content (AvgIpc) is 2.04. The fraction of sp³-hybridized carbons (Fsp3) is 0.600. The lowest BCUT2D eigenvalue weighted by Gasteiger charge is -2.18. The monoisotopic (exact) mass is 170 g/mol. The lowest BCUT2D eigenvalue weighted by atomic mass is 9.95. The van der Waals surface area contributed by atoms with Crippen molar-refractivity contribution in [2.45, 2.75) is 26.7 Å².